The first kappa shape index (κ1) is 4.56. The van der Waals surface area contributed by atoms with Gasteiger partial charge in [0.15, 0.2) is 0 Å². The zero-order valence-corrected chi connectivity index (χ0v) is 3.28. The van der Waals surface area contributed by atoms with Crippen LogP contribution < -0.4 is 0 Å². The van der Waals surface area contributed by atoms with Crippen LogP contribution in [0.2, 0.25) is 0 Å². The zero-order chi connectivity index (χ0) is 4.12. The molecule has 0 atom stereocenters. The van der Waals surface area contributed by atoms with Crippen molar-refractivity contribution in [1.82, 2.24) is 0 Å². The number of hydrogen-bond acceptors (Lipinski definition) is 0. The second kappa shape index (κ2) is 3.56. The summed E-state index contributed by atoms with van der Waals surface area (Å²) in [6.07, 6.45) is 0.483. The molecule has 0 nitrogen and oxygen atoms in total. The van der Waals surface area contributed by atoms with Gasteiger partial charge in [-0.15, -0.1) is 11.8 Å². The Morgan fingerprint density at radius 3 is 2.40 bits per heavy atom. The molecule has 0 saturated carbocycles. The fraction of sp³-hybridized carbons (Fsp3) is 0.400. The molecule has 0 aromatic rings. The van der Waals surface area contributed by atoms with Crippen molar-refractivity contribution < 1.29 is 0 Å². The highest BCUT2D eigenvalue weighted by atomic mass is 13.5. The summed E-state index contributed by atoms with van der Waals surface area (Å²) in [6, 6.07) is 0. The van der Waals surface area contributed by atoms with E-state index in [2.05, 4.69) is 11.8 Å². The summed E-state index contributed by atoms with van der Waals surface area (Å²) in [5.74, 6) is 5.28. The van der Waals surface area contributed by atoms with E-state index >= 15 is 0 Å². The summed E-state index contributed by atoms with van der Waals surface area (Å²) in [4.78, 5) is 0. The summed E-state index contributed by atoms with van der Waals surface area (Å²) >= 11 is 0. The minimum absolute atomic E-state index is 0.483. The van der Waals surface area contributed by atoms with E-state index in [4.69, 9.17) is 6.92 Å². The van der Waals surface area contributed by atoms with Gasteiger partial charge in [0.2, 0.25) is 0 Å². The molecule has 0 heteroatoms. The molecule has 0 aromatic heterocycles. The molecule has 0 spiro atoms. The maximum atomic E-state index is 4.97. The van der Waals surface area contributed by atoms with Crippen LogP contribution in [0.4, 0.5) is 0 Å². The third-order valence-electron chi connectivity index (χ3n) is 0.279. The Bertz CT molecular complexity index is 52.2. The molecule has 0 bridgehead atoms. The summed E-state index contributed by atoms with van der Waals surface area (Å²) < 4.78 is 0. The molecule has 0 aliphatic rings. The molecule has 0 aromatic carbocycles. The Hall–Kier alpha value is -0.440. The lowest BCUT2D eigenvalue weighted by atomic mass is 10.5. The van der Waals surface area contributed by atoms with E-state index in [1.165, 1.54) is 0 Å². The van der Waals surface area contributed by atoms with Crippen LogP contribution in [0.5, 0.6) is 0 Å². The van der Waals surface area contributed by atoms with Crippen molar-refractivity contribution in [2.75, 3.05) is 0 Å². The molecular formula is C5H6. The standard InChI is InChI=1S/C5H6/c1-3-5-4-2/h1H,3H2,2H3. The van der Waals surface area contributed by atoms with Crippen LogP contribution in [-0.2, 0) is 0 Å². The average Bonchev–Trinajstić information content (AvgIpc) is 1.41. The van der Waals surface area contributed by atoms with Gasteiger partial charge in [-0.05, 0) is 13.8 Å². The van der Waals surface area contributed by atoms with Gasteiger partial charge in [-0.3, -0.25) is 0 Å². The lowest BCUT2D eigenvalue weighted by Gasteiger charge is -1.57. The molecule has 0 aliphatic heterocycles. The van der Waals surface area contributed by atoms with Crippen LogP contribution in [0.1, 0.15) is 13.3 Å². The highest BCUT2D eigenvalue weighted by Crippen LogP contribution is 1.61. The first-order chi connectivity index (χ1) is 2.41. The lowest BCUT2D eigenvalue weighted by molar-refractivity contribution is 1.48. The van der Waals surface area contributed by atoms with Crippen molar-refractivity contribution in [2.45, 2.75) is 13.3 Å². The minimum Gasteiger partial charge on any atom is -0.107 e. The van der Waals surface area contributed by atoms with Crippen molar-refractivity contribution in [1.29, 1.82) is 0 Å². The van der Waals surface area contributed by atoms with Gasteiger partial charge in [0.25, 0.3) is 0 Å². The molecule has 0 saturated heterocycles. The van der Waals surface area contributed by atoms with Crippen LogP contribution in [0, 0.1) is 18.8 Å². The monoisotopic (exact) mass is 66.0 g/mol. The molecular weight excluding hydrogens is 60.1 g/mol. The molecule has 0 rings (SSSR count). The Morgan fingerprint density at radius 2 is 2.40 bits per heavy atom. The fourth-order valence-electron chi connectivity index (χ4n) is 0.102. The molecule has 0 aliphatic carbocycles. The van der Waals surface area contributed by atoms with Gasteiger partial charge < -0.3 is 0 Å². The first-order valence-electron chi connectivity index (χ1n) is 1.51. The fourth-order valence-corrected chi connectivity index (χ4v) is 0.102. The van der Waals surface area contributed by atoms with E-state index in [0.29, 0.717) is 6.42 Å². The summed E-state index contributed by atoms with van der Waals surface area (Å²) in [5, 5.41) is 0. The van der Waals surface area contributed by atoms with Crippen molar-refractivity contribution >= 4 is 0 Å². The van der Waals surface area contributed by atoms with E-state index in [0.717, 1.165) is 0 Å². The van der Waals surface area contributed by atoms with Crippen molar-refractivity contribution in [3.63, 3.8) is 0 Å². The van der Waals surface area contributed by atoms with Crippen LogP contribution in [-0.4, -0.2) is 0 Å². The Kier molecular flexibility index (Phi) is 3.25. The van der Waals surface area contributed by atoms with Gasteiger partial charge in [-0.1, -0.05) is 0 Å². The second-order valence-electron chi connectivity index (χ2n) is 0.631. The van der Waals surface area contributed by atoms with Crippen LogP contribution in [0.25, 0.3) is 0 Å². The Balaban J connectivity index is 2.81. The van der Waals surface area contributed by atoms with E-state index in [1.807, 2.05) is 0 Å². The molecule has 0 fully saturated rings. The van der Waals surface area contributed by atoms with Crippen LogP contribution in [0.15, 0.2) is 0 Å². The predicted octanol–water partition coefficient (Wildman–Crippen LogP) is 1.11. The van der Waals surface area contributed by atoms with E-state index < -0.39 is 0 Å². The lowest BCUT2D eigenvalue weighted by Crippen LogP contribution is -1.45. The van der Waals surface area contributed by atoms with E-state index in [-0.39, 0.29) is 0 Å². The van der Waals surface area contributed by atoms with Crippen molar-refractivity contribution in [2.24, 2.45) is 0 Å². The van der Waals surface area contributed by atoms with Gasteiger partial charge in [-0.2, -0.15) is 0 Å². The molecule has 26 valence electrons. The molecule has 0 heterocycles. The second-order valence-corrected chi connectivity index (χ2v) is 0.631. The molecule has 0 amide bonds. The third kappa shape index (κ3) is 3.56. The third-order valence-corrected chi connectivity index (χ3v) is 0.279. The molecule has 2 radical (unpaired) electrons. The maximum absolute atomic E-state index is 4.97. The van der Waals surface area contributed by atoms with Gasteiger partial charge in [0, 0.05) is 6.42 Å². The first-order valence-corrected chi connectivity index (χ1v) is 1.51. The Labute approximate surface area is 33.2 Å². The smallest absolute Gasteiger partial charge is 0.0123 e. The van der Waals surface area contributed by atoms with Gasteiger partial charge >= 0.3 is 0 Å². The average molecular weight is 66.1 g/mol. The largest absolute Gasteiger partial charge is 0.107 e. The normalized spacial score (nSPS) is 5.20. The summed E-state index contributed by atoms with van der Waals surface area (Å²) in [6.45, 7) is 6.74. The van der Waals surface area contributed by atoms with Crippen LogP contribution in [0.3, 0.4) is 0 Å². The van der Waals surface area contributed by atoms with Crippen molar-refractivity contribution in [3.05, 3.63) is 6.92 Å². The summed E-state index contributed by atoms with van der Waals surface area (Å²) in [7, 11) is 0. The highest BCUT2D eigenvalue weighted by Gasteiger charge is 1.49. The predicted molar refractivity (Wildman–Crippen MR) is 22.4 cm³/mol. The highest BCUT2D eigenvalue weighted by molar-refractivity contribution is 4.95. The molecule has 0 unspecified atom stereocenters. The number of hydrogen-bond donors (Lipinski definition) is 0. The summed E-state index contributed by atoms with van der Waals surface area (Å²) in [5.41, 5.74) is 0. The van der Waals surface area contributed by atoms with E-state index in [9.17, 15) is 0 Å². The van der Waals surface area contributed by atoms with Crippen molar-refractivity contribution in [3.8, 4) is 11.8 Å². The topological polar surface area (TPSA) is 0 Å². The van der Waals surface area contributed by atoms with Gasteiger partial charge in [-0.25, -0.2) is 0 Å². The van der Waals surface area contributed by atoms with Crippen LogP contribution >= 0.6 is 0 Å². The maximum Gasteiger partial charge on any atom is 0.0123 e. The van der Waals surface area contributed by atoms with E-state index in [1.54, 1.807) is 6.92 Å². The van der Waals surface area contributed by atoms with Gasteiger partial charge in [0.05, 0.1) is 0 Å². The number of rotatable bonds is 0. The van der Waals surface area contributed by atoms with Gasteiger partial charge in [0.1, 0.15) is 0 Å². The minimum atomic E-state index is 0.483. The Morgan fingerprint density at radius 1 is 1.80 bits per heavy atom. The molecule has 5 heavy (non-hydrogen) atoms. The quantitative estimate of drug-likeness (QED) is 0.371. The SMILES string of the molecule is [CH]CC#CC. The molecule has 0 N–H and O–H groups in total. The zero-order valence-electron chi connectivity index (χ0n) is 3.28.